The molecular formula is C17H20FN3O3. The van der Waals surface area contributed by atoms with Crippen LogP contribution in [0.3, 0.4) is 0 Å². The molecule has 7 heteroatoms. The number of benzene rings is 1. The van der Waals surface area contributed by atoms with Gasteiger partial charge in [-0.05, 0) is 43.2 Å². The van der Waals surface area contributed by atoms with Gasteiger partial charge in [-0.1, -0.05) is 19.8 Å². The third kappa shape index (κ3) is 4.18. The minimum absolute atomic E-state index is 0.112. The molecule has 0 fully saturated rings. The molecule has 1 heterocycles. The fourth-order valence-corrected chi connectivity index (χ4v) is 2.35. The largest absolute Gasteiger partial charge is 0.480 e. The highest BCUT2D eigenvalue weighted by Gasteiger charge is 2.21. The van der Waals surface area contributed by atoms with Crippen molar-refractivity contribution in [2.75, 3.05) is 0 Å². The van der Waals surface area contributed by atoms with Crippen LogP contribution in [0.4, 0.5) is 4.39 Å². The maximum Gasteiger partial charge on any atom is 0.326 e. The number of carboxylic acids is 1. The Morgan fingerprint density at radius 2 is 2.12 bits per heavy atom. The summed E-state index contributed by atoms with van der Waals surface area (Å²) in [5.74, 6) is -1.95. The van der Waals surface area contributed by atoms with Gasteiger partial charge in [-0.3, -0.25) is 4.79 Å². The Morgan fingerprint density at radius 3 is 2.75 bits per heavy atom. The molecule has 0 spiro atoms. The second kappa shape index (κ2) is 7.72. The minimum Gasteiger partial charge on any atom is -0.480 e. The Labute approximate surface area is 139 Å². The first-order valence-electron chi connectivity index (χ1n) is 7.78. The van der Waals surface area contributed by atoms with E-state index in [2.05, 4.69) is 10.4 Å². The zero-order valence-electron chi connectivity index (χ0n) is 13.6. The average Bonchev–Trinajstić information content (AvgIpc) is 3.00. The van der Waals surface area contributed by atoms with Crippen molar-refractivity contribution in [3.63, 3.8) is 0 Å². The molecular weight excluding hydrogens is 313 g/mol. The van der Waals surface area contributed by atoms with E-state index in [4.69, 9.17) is 5.11 Å². The highest BCUT2D eigenvalue weighted by molar-refractivity contribution is 5.94. The van der Waals surface area contributed by atoms with Crippen molar-refractivity contribution in [3.05, 3.63) is 47.5 Å². The van der Waals surface area contributed by atoms with Gasteiger partial charge in [-0.25, -0.2) is 13.9 Å². The van der Waals surface area contributed by atoms with Crippen molar-refractivity contribution in [2.45, 2.75) is 39.2 Å². The molecule has 0 saturated heterocycles. The van der Waals surface area contributed by atoms with Crippen molar-refractivity contribution in [1.29, 1.82) is 0 Å². The van der Waals surface area contributed by atoms with Crippen LogP contribution in [-0.4, -0.2) is 32.8 Å². The molecule has 1 unspecified atom stereocenters. The van der Waals surface area contributed by atoms with Gasteiger partial charge in [0.2, 0.25) is 0 Å². The van der Waals surface area contributed by atoms with E-state index in [9.17, 15) is 14.0 Å². The van der Waals surface area contributed by atoms with Gasteiger partial charge in [0, 0.05) is 6.20 Å². The average molecular weight is 333 g/mol. The number of aryl methyl sites for hydroxylation is 1. The number of aliphatic carboxylic acids is 1. The number of aromatic nitrogens is 2. The lowest BCUT2D eigenvalue weighted by molar-refractivity contribution is -0.139. The Morgan fingerprint density at radius 1 is 1.38 bits per heavy atom. The molecule has 2 aromatic rings. The van der Waals surface area contributed by atoms with Gasteiger partial charge in [0.05, 0.1) is 5.69 Å². The molecule has 0 bridgehead atoms. The molecule has 0 aliphatic heterocycles. The highest BCUT2D eigenvalue weighted by Crippen LogP contribution is 2.15. The first-order chi connectivity index (χ1) is 11.4. The highest BCUT2D eigenvalue weighted by atomic mass is 19.1. The molecule has 24 heavy (non-hydrogen) atoms. The molecule has 0 radical (unpaired) electrons. The second-order valence-corrected chi connectivity index (χ2v) is 5.58. The Hall–Kier alpha value is -2.70. The van der Waals surface area contributed by atoms with Gasteiger partial charge >= 0.3 is 5.97 Å². The van der Waals surface area contributed by atoms with Crippen molar-refractivity contribution >= 4 is 11.9 Å². The summed E-state index contributed by atoms with van der Waals surface area (Å²) in [6.07, 6.45) is 3.50. The fourth-order valence-electron chi connectivity index (χ4n) is 2.35. The van der Waals surface area contributed by atoms with Crippen LogP contribution in [-0.2, 0) is 4.79 Å². The number of carboxylic acid groups (broad SMARTS) is 1. The Balaban J connectivity index is 2.14. The topological polar surface area (TPSA) is 84.2 Å². The number of hydrogen-bond acceptors (Lipinski definition) is 3. The molecule has 1 amide bonds. The molecule has 0 aliphatic rings. The van der Waals surface area contributed by atoms with Crippen molar-refractivity contribution in [3.8, 4) is 5.69 Å². The number of halogens is 1. The van der Waals surface area contributed by atoms with E-state index in [1.54, 1.807) is 19.2 Å². The number of unbranched alkanes of at least 4 members (excludes halogenated alkanes) is 1. The zero-order valence-corrected chi connectivity index (χ0v) is 13.6. The lowest BCUT2D eigenvalue weighted by atomic mass is 10.1. The monoisotopic (exact) mass is 333 g/mol. The smallest absolute Gasteiger partial charge is 0.326 e. The third-order valence-corrected chi connectivity index (χ3v) is 3.68. The maximum atomic E-state index is 13.2. The SMILES string of the molecule is CCCCC(NC(=O)c1ccn(-c2ccc(F)cc2C)n1)C(=O)O. The van der Waals surface area contributed by atoms with Crippen LogP contribution in [0.1, 0.15) is 42.2 Å². The predicted octanol–water partition coefficient (Wildman–Crippen LogP) is 2.69. The Kier molecular flexibility index (Phi) is 5.68. The summed E-state index contributed by atoms with van der Waals surface area (Å²) < 4.78 is 14.6. The molecule has 2 N–H and O–H groups in total. The van der Waals surface area contributed by atoms with Crippen LogP contribution >= 0.6 is 0 Å². The molecule has 6 nitrogen and oxygen atoms in total. The van der Waals surface area contributed by atoms with Gasteiger partial charge in [0.15, 0.2) is 5.69 Å². The number of carbonyl (C=O) groups excluding carboxylic acids is 1. The molecule has 0 saturated carbocycles. The first kappa shape index (κ1) is 17.7. The van der Waals surface area contributed by atoms with Crippen LogP contribution in [0.15, 0.2) is 30.5 Å². The van der Waals surface area contributed by atoms with E-state index >= 15 is 0 Å². The first-order valence-corrected chi connectivity index (χ1v) is 7.78. The summed E-state index contributed by atoms with van der Waals surface area (Å²) >= 11 is 0. The van der Waals surface area contributed by atoms with Crippen molar-refractivity contribution in [1.82, 2.24) is 15.1 Å². The van der Waals surface area contributed by atoms with Crippen LogP contribution in [0.5, 0.6) is 0 Å². The standard InChI is InChI=1S/C17H20FN3O3/c1-3-4-5-14(17(23)24)19-16(22)13-8-9-21(20-13)15-7-6-12(18)10-11(15)2/h6-10,14H,3-5H2,1-2H3,(H,19,22)(H,23,24). The number of amides is 1. The number of hydrogen-bond donors (Lipinski definition) is 2. The zero-order chi connectivity index (χ0) is 17.7. The summed E-state index contributed by atoms with van der Waals surface area (Å²) in [5.41, 5.74) is 1.44. The fraction of sp³-hybridized carbons (Fsp3) is 0.353. The summed E-state index contributed by atoms with van der Waals surface area (Å²) in [6, 6.07) is 4.82. The van der Waals surface area contributed by atoms with E-state index in [1.807, 2.05) is 6.92 Å². The third-order valence-electron chi connectivity index (χ3n) is 3.68. The summed E-state index contributed by atoms with van der Waals surface area (Å²) in [4.78, 5) is 23.4. The molecule has 128 valence electrons. The minimum atomic E-state index is -1.06. The van der Waals surface area contributed by atoms with Crippen molar-refractivity contribution < 1.29 is 19.1 Å². The van der Waals surface area contributed by atoms with Crippen LogP contribution in [0, 0.1) is 12.7 Å². The van der Waals surface area contributed by atoms with Crippen molar-refractivity contribution in [2.24, 2.45) is 0 Å². The quantitative estimate of drug-likeness (QED) is 0.816. The van der Waals surface area contributed by atoms with Gasteiger partial charge in [-0.2, -0.15) is 5.10 Å². The molecule has 0 aliphatic carbocycles. The maximum absolute atomic E-state index is 13.2. The van der Waals surface area contributed by atoms with E-state index in [0.29, 0.717) is 24.1 Å². The number of carbonyl (C=O) groups is 2. The molecule has 2 rings (SSSR count). The van der Waals surface area contributed by atoms with E-state index < -0.39 is 17.9 Å². The van der Waals surface area contributed by atoms with E-state index in [-0.39, 0.29) is 11.5 Å². The predicted molar refractivity (Wildman–Crippen MR) is 86.7 cm³/mol. The van der Waals surface area contributed by atoms with Crippen LogP contribution < -0.4 is 5.32 Å². The lowest BCUT2D eigenvalue weighted by Gasteiger charge is -2.13. The van der Waals surface area contributed by atoms with Gasteiger partial charge in [-0.15, -0.1) is 0 Å². The summed E-state index contributed by atoms with van der Waals surface area (Å²) in [7, 11) is 0. The van der Waals surface area contributed by atoms with E-state index in [1.165, 1.54) is 22.9 Å². The van der Waals surface area contributed by atoms with Crippen LogP contribution in [0.2, 0.25) is 0 Å². The van der Waals surface area contributed by atoms with E-state index in [0.717, 1.165) is 6.42 Å². The van der Waals surface area contributed by atoms with Gasteiger partial charge in [0.1, 0.15) is 11.9 Å². The summed E-state index contributed by atoms with van der Waals surface area (Å²) in [6.45, 7) is 3.69. The molecule has 1 aromatic heterocycles. The molecule has 1 aromatic carbocycles. The number of rotatable bonds is 7. The summed E-state index contributed by atoms with van der Waals surface area (Å²) in [5, 5.41) is 15.8. The second-order valence-electron chi connectivity index (χ2n) is 5.58. The molecule has 1 atom stereocenters. The lowest BCUT2D eigenvalue weighted by Crippen LogP contribution is -2.40. The van der Waals surface area contributed by atoms with Gasteiger partial charge < -0.3 is 10.4 Å². The number of nitrogens with zero attached hydrogens (tertiary/aromatic N) is 2. The normalized spacial score (nSPS) is 12.0. The van der Waals surface area contributed by atoms with Gasteiger partial charge in [0.25, 0.3) is 5.91 Å². The Bertz CT molecular complexity index is 742. The van der Waals surface area contributed by atoms with Crippen LogP contribution in [0.25, 0.3) is 5.69 Å². The number of nitrogens with one attached hydrogen (secondary N) is 1.